The number of nitrogens with one attached hydrogen (secondary N) is 2. The third-order valence-corrected chi connectivity index (χ3v) is 7.87. The molecule has 12 heteroatoms. The average molecular weight is 556 g/mol. The highest BCUT2D eigenvalue weighted by Gasteiger charge is 2.22. The molecule has 0 unspecified atom stereocenters. The Morgan fingerprint density at radius 3 is 2.06 bits per heavy atom. The van der Waals surface area contributed by atoms with Crippen LogP contribution in [0.25, 0.3) is 0 Å². The fourth-order valence-electron chi connectivity index (χ4n) is 3.18. The van der Waals surface area contributed by atoms with Crippen LogP contribution >= 0.6 is 23.2 Å². The van der Waals surface area contributed by atoms with Crippen LogP contribution in [-0.4, -0.2) is 35.5 Å². The van der Waals surface area contributed by atoms with Crippen molar-refractivity contribution in [2.24, 2.45) is 0 Å². The summed E-state index contributed by atoms with van der Waals surface area (Å²) >= 11 is 11.9. The first-order valence-electron chi connectivity index (χ1n) is 10.2. The maximum absolute atomic E-state index is 12.8. The smallest absolute Gasteiger partial charge is 0.261 e. The molecule has 0 aliphatic carbocycles. The number of aryl methyl sites for hydroxylation is 2. The van der Waals surface area contributed by atoms with Gasteiger partial charge in [-0.25, -0.2) is 16.8 Å². The van der Waals surface area contributed by atoms with Crippen molar-refractivity contribution in [1.29, 1.82) is 0 Å². The Morgan fingerprint density at radius 1 is 0.886 bits per heavy atom. The van der Waals surface area contributed by atoms with E-state index >= 15 is 0 Å². The summed E-state index contributed by atoms with van der Waals surface area (Å²) in [6.45, 7) is 3.12. The molecule has 0 bridgehead atoms. The van der Waals surface area contributed by atoms with Gasteiger partial charge in [-0.3, -0.25) is 13.8 Å². The molecule has 0 fully saturated rings. The molecule has 2 N–H and O–H groups in total. The fraction of sp³-hybridized carbons (Fsp3) is 0.174. The van der Waals surface area contributed by atoms with Crippen LogP contribution in [0.2, 0.25) is 10.0 Å². The molecule has 0 saturated carbocycles. The van der Waals surface area contributed by atoms with E-state index in [0.717, 1.165) is 21.7 Å². The Hall–Kier alpha value is -2.79. The van der Waals surface area contributed by atoms with Gasteiger partial charge in [0, 0.05) is 15.7 Å². The van der Waals surface area contributed by atoms with Gasteiger partial charge in [0.15, 0.2) is 0 Å². The number of sulfonamides is 2. The molecule has 0 heterocycles. The second kappa shape index (κ2) is 10.4. The molecule has 0 aliphatic heterocycles. The first kappa shape index (κ1) is 26.8. The van der Waals surface area contributed by atoms with Gasteiger partial charge >= 0.3 is 0 Å². The summed E-state index contributed by atoms with van der Waals surface area (Å²) in [5, 5.41) is 2.99. The molecular formula is C23H23Cl2N3O5S2. The van der Waals surface area contributed by atoms with Crippen molar-refractivity contribution in [3.63, 3.8) is 0 Å². The zero-order chi connectivity index (χ0) is 26.0. The standard InChI is InChI=1S/C23H23Cl2N3O5S2/c1-15-4-5-16(2)22(10-15)27-35(32,33)21-8-6-19(7-9-21)26-23(29)14-28(34(3,30)31)20-12-17(24)11-18(25)13-20/h4-13,27H,14H2,1-3H3,(H,26,29). The van der Waals surface area contributed by atoms with E-state index in [-0.39, 0.29) is 20.6 Å². The second-order valence-corrected chi connectivity index (χ2v) is 12.4. The largest absolute Gasteiger partial charge is 0.325 e. The number of halogens is 2. The Morgan fingerprint density at radius 2 is 1.49 bits per heavy atom. The molecule has 0 aliphatic rings. The third-order valence-electron chi connectivity index (χ3n) is 4.91. The molecule has 3 aromatic carbocycles. The quantitative estimate of drug-likeness (QED) is 0.413. The van der Waals surface area contributed by atoms with E-state index in [9.17, 15) is 21.6 Å². The molecule has 0 aromatic heterocycles. The minimum absolute atomic E-state index is 0.00253. The summed E-state index contributed by atoms with van der Waals surface area (Å²) in [6, 6.07) is 15.2. The highest BCUT2D eigenvalue weighted by Crippen LogP contribution is 2.27. The van der Waals surface area contributed by atoms with Gasteiger partial charge in [-0.15, -0.1) is 0 Å². The monoisotopic (exact) mass is 555 g/mol. The van der Waals surface area contributed by atoms with Crippen LogP contribution in [0, 0.1) is 13.8 Å². The van der Waals surface area contributed by atoms with Crippen molar-refractivity contribution in [1.82, 2.24) is 0 Å². The number of hydrogen-bond donors (Lipinski definition) is 2. The Balaban J connectivity index is 1.75. The lowest BCUT2D eigenvalue weighted by atomic mass is 10.1. The average Bonchev–Trinajstić information content (AvgIpc) is 2.73. The number of anilines is 3. The summed E-state index contributed by atoms with van der Waals surface area (Å²) in [4.78, 5) is 12.6. The lowest BCUT2D eigenvalue weighted by molar-refractivity contribution is -0.114. The van der Waals surface area contributed by atoms with Gasteiger partial charge < -0.3 is 5.32 Å². The van der Waals surface area contributed by atoms with Gasteiger partial charge in [-0.1, -0.05) is 35.3 Å². The summed E-state index contributed by atoms with van der Waals surface area (Å²) in [6.07, 6.45) is 0.956. The van der Waals surface area contributed by atoms with E-state index < -0.39 is 32.5 Å². The Bertz CT molecular complexity index is 1460. The molecule has 0 spiro atoms. The minimum atomic E-state index is -3.86. The van der Waals surface area contributed by atoms with Crippen LogP contribution in [0.4, 0.5) is 17.1 Å². The Kier molecular flexibility index (Phi) is 8.00. The van der Waals surface area contributed by atoms with Gasteiger partial charge in [0.25, 0.3) is 10.0 Å². The molecule has 186 valence electrons. The molecule has 0 radical (unpaired) electrons. The summed E-state index contributed by atoms with van der Waals surface area (Å²) in [7, 11) is -7.69. The molecule has 1 amide bonds. The molecule has 0 saturated heterocycles. The predicted octanol–water partition coefficient (Wildman–Crippen LogP) is 4.82. The fourth-order valence-corrected chi connectivity index (χ4v) is 5.66. The number of hydrogen-bond acceptors (Lipinski definition) is 5. The first-order valence-corrected chi connectivity index (χ1v) is 14.3. The summed E-state index contributed by atoms with van der Waals surface area (Å²) in [5.41, 5.74) is 2.59. The zero-order valence-corrected chi connectivity index (χ0v) is 22.2. The van der Waals surface area contributed by atoms with Gasteiger partial charge in [0.2, 0.25) is 15.9 Å². The van der Waals surface area contributed by atoms with Crippen LogP contribution < -0.4 is 14.3 Å². The molecule has 35 heavy (non-hydrogen) atoms. The number of nitrogens with zero attached hydrogens (tertiary/aromatic N) is 1. The molecule has 8 nitrogen and oxygen atoms in total. The molecular weight excluding hydrogens is 533 g/mol. The normalized spacial score (nSPS) is 11.7. The Labute approximate surface area is 215 Å². The van der Waals surface area contributed by atoms with Gasteiger partial charge in [-0.2, -0.15) is 0 Å². The summed E-state index contributed by atoms with van der Waals surface area (Å²) < 4.78 is 53.5. The van der Waals surface area contributed by atoms with Crippen molar-refractivity contribution < 1.29 is 21.6 Å². The topological polar surface area (TPSA) is 113 Å². The molecule has 3 rings (SSSR count). The summed E-state index contributed by atoms with van der Waals surface area (Å²) in [5.74, 6) is -0.643. The van der Waals surface area contributed by atoms with Crippen LogP contribution in [0.5, 0.6) is 0 Å². The van der Waals surface area contributed by atoms with E-state index in [4.69, 9.17) is 23.2 Å². The van der Waals surface area contributed by atoms with E-state index in [1.54, 1.807) is 13.0 Å². The highest BCUT2D eigenvalue weighted by molar-refractivity contribution is 7.92. The van der Waals surface area contributed by atoms with Crippen LogP contribution in [0.15, 0.2) is 65.6 Å². The van der Waals surface area contributed by atoms with Gasteiger partial charge in [-0.05, 0) is 73.5 Å². The first-order chi connectivity index (χ1) is 16.2. The van der Waals surface area contributed by atoms with Gasteiger partial charge in [0.05, 0.1) is 22.5 Å². The lowest BCUT2D eigenvalue weighted by Crippen LogP contribution is -2.37. The third kappa shape index (κ3) is 7.11. The van der Waals surface area contributed by atoms with Crippen molar-refractivity contribution in [3.05, 3.63) is 81.8 Å². The van der Waals surface area contributed by atoms with Crippen molar-refractivity contribution >= 4 is 66.2 Å². The van der Waals surface area contributed by atoms with Crippen LogP contribution in [-0.2, 0) is 24.8 Å². The van der Waals surface area contributed by atoms with E-state index in [0.29, 0.717) is 11.4 Å². The molecule has 3 aromatic rings. The van der Waals surface area contributed by atoms with E-state index in [2.05, 4.69) is 10.0 Å². The number of amides is 1. The maximum Gasteiger partial charge on any atom is 0.261 e. The second-order valence-electron chi connectivity index (χ2n) is 7.89. The number of carbonyl (C=O) groups excluding carboxylic acids is 1. The highest BCUT2D eigenvalue weighted by atomic mass is 35.5. The predicted molar refractivity (Wildman–Crippen MR) is 140 cm³/mol. The van der Waals surface area contributed by atoms with E-state index in [1.807, 2.05) is 19.1 Å². The van der Waals surface area contributed by atoms with Crippen molar-refractivity contribution in [2.45, 2.75) is 18.7 Å². The number of benzene rings is 3. The van der Waals surface area contributed by atoms with E-state index in [1.165, 1.54) is 42.5 Å². The van der Waals surface area contributed by atoms with Crippen molar-refractivity contribution in [2.75, 3.05) is 27.1 Å². The van der Waals surface area contributed by atoms with Crippen molar-refractivity contribution in [3.8, 4) is 0 Å². The lowest BCUT2D eigenvalue weighted by Gasteiger charge is -2.22. The SMILES string of the molecule is Cc1ccc(C)c(NS(=O)(=O)c2ccc(NC(=O)CN(c3cc(Cl)cc(Cl)c3)S(C)(=O)=O)cc2)c1. The zero-order valence-electron chi connectivity index (χ0n) is 19.0. The van der Waals surface area contributed by atoms with Crippen LogP contribution in [0.1, 0.15) is 11.1 Å². The molecule has 0 atom stereocenters. The van der Waals surface area contributed by atoms with Crippen LogP contribution in [0.3, 0.4) is 0 Å². The minimum Gasteiger partial charge on any atom is -0.325 e. The van der Waals surface area contributed by atoms with Gasteiger partial charge in [0.1, 0.15) is 6.54 Å². The maximum atomic E-state index is 12.8. The number of rotatable bonds is 8. The number of carbonyl (C=O) groups is 1.